The van der Waals surface area contributed by atoms with E-state index in [0.29, 0.717) is 5.82 Å². The van der Waals surface area contributed by atoms with E-state index in [1.54, 1.807) is 16.0 Å². The Balaban J connectivity index is 2.25. The smallest absolute Gasteiger partial charge is 0.129 e. The molecule has 0 aliphatic carbocycles. The zero-order valence-corrected chi connectivity index (χ0v) is 12.7. The summed E-state index contributed by atoms with van der Waals surface area (Å²) in [5.41, 5.74) is 13.0. The van der Waals surface area contributed by atoms with Gasteiger partial charge in [-0.1, -0.05) is 18.2 Å². The molecule has 20 heavy (non-hydrogen) atoms. The van der Waals surface area contributed by atoms with Crippen molar-refractivity contribution in [3.05, 3.63) is 46.2 Å². The zero-order valence-electron chi connectivity index (χ0n) is 11.8. The fourth-order valence-corrected chi connectivity index (χ4v) is 2.96. The van der Waals surface area contributed by atoms with Crippen molar-refractivity contribution in [3.8, 4) is 22.4 Å². The molecule has 0 unspecified atom stereocenters. The second kappa shape index (κ2) is 4.80. The summed E-state index contributed by atoms with van der Waals surface area (Å²) < 4.78 is 1.75. The first kappa shape index (κ1) is 12.9. The highest BCUT2D eigenvalue weighted by atomic mass is 32.1. The molecule has 1 aromatic carbocycles. The Morgan fingerprint density at radius 2 is 1.90 bits per heavy atom. The summed E-state index contributed by atoms with van der Waals surface area (Å²) in [5, 5.41) is 8.74. The summed E-state index contributed by atoms with van der Waals surface area (Å²) in [4.78, 5) is 0. The van der Waals surface area contributed by atoms with Gasteiger partial charge in [0.15, 0.2) is 0 Å². The van der Waals surface area contributed by atoms with Crippen molar-refractivity contribution in [1.82, 2.24) is 9.78 Å². The summed E-state index contributed by atoms with van der Waals surface area (Å²) in [7, 11) is 1.88. The minimum Gasteiger partial charge on any atom is -0.383 e. The topological polar surface area (TPSA) is 43.8 Å². The van der Waals surface area contributed by atoms with Crippen molar-refractivity contribution < 1.29 is 0 Å². The molecule has 0 saturated heterocycles. The average molecular weight is 283 g/mol. The summed E-state index contributed by atoms with van der Waals surface area (Å²) in [5.74, 6) is 0.703. The Labute approximate surface area is 122 Å². The van der Waals surface area contributed by atoms with E-state index >= 15 is 0 Å². The Kier molecular flexibility index (Phi) is 3.10. The minimum absolute atomic E-state index is 0.703. The molecule has 0 atom stereocenters. The SMILES string of the molecule is Cc1ccc(-c2c(-c3ccsc3)nn(C)c2N)cc1C. The van der Waals surface area contributed by atoms with E-state index in [2.05, 4.69) is 54.0 Å². The monoisotopic (exact) mass is 283 g/mol. The number of thiophene rings is 1. The molecule has 0 fully saturated rings. The third kappa shape index (κ3) is 2.02. The molecular weight excluding hydrogens is 266 g/mol. The van der Waals surface area contributed by atoms with Crippen LogP contribution in [0.4, 0.5) is 5.82 Å². The summed E-state index contributed by atoms with van der Waals surface area (Å²) >= 11 is 1.67. The molecule has 3 rings (SSSR count). The van der Waals surface area contributed by atoms with Gasteiger partial charge < -0.3 is 5.73 Å². The number of aromatic nitrogens is 2. The van der Waals surface area contributed by atoms with Crippen LogP contribution in [0.5, 0.6) is 0 Å². The number of nitrogen functional groups attached to an aromatic ring is 1. The van der Waals surface area contributed by atoms with E-state index in [1.165, 1.54) is 11.1 Å². The molecule has 0 aliphatic heterocycles. The van der Waals surface area contributed by atoms with E-state index in [0.717, 1.165) is 22.4 Å². The van der Waals surface area contributed by atoms with Crippen molar-refractivity contribution in [3.63, 3.8) is 0 Å². The van der Waals surface area contributed by atoms with E-state index in [4.69, 9.17) is 5.73 Å². The van der Waals surface area contributed by atoms with Crippen LogP contribution in [0.2, 0.25) is 0 Å². The number of aryl methyl sites for hydroxylation is 3. The molecule has 0 bridgehead atoms. The van der Waals surface area contributed by atoms with Crippen molar-refractivity contribution >= 4 is 17.2 Å². The molecule has 0 saturated carbocycles. The Morgan fingerprint density at radius 1 is 1.10 bits per heavy atom. The van der Waals surface area contributed by atoms with Crippen LogP contribution < -0.4 is 5.73 Å². The molecule has 0 spiro atoms. The average Bonchev–Trinajstić information content (AvgIpc) is 3.03. The van der Waals surface area contributed by atoms with Crippen molar-refractivity contribution in [1.29, 1.82) is 0 Å². The fourth-order valence-electron chi connectivity index (χ4n) is 2.32. The predicted octanol–water partition coefficient (Wildman–Crippen LogP) is 4.01. The maximum Gasteiger partial charge on any atom is 0.129 e. The number of nitrogens with zero attached hydrogens (tertiary/aromatic N) is 2. The molecular formula is C16H17N3S. The van der Waals surface area contributed by atoms with Gasteiger partial charge in [-0.3, -0.25) is 4.68 Å². The second-order valence-electron chi connectivity index (χ2n) is 5.04. The van der Waals surface area contributed by atoms with Gasteiger partial charge in [0.25, 0.3) is 0 Å². The minimum atomic E-state index is 0.703. The van der Waals surface area contributed by atoms with Gasteiger partial charge in [-0.05, 0) is 42.0 Å². The third-order valence-corrected chi connectivity index (χ3v) is 4.37. The van der Waals surface area contributed by atoms with Crippen LogP contribution in [0.15, 0.2) is 35.0 Å². The van der Waals surface area contributed by atoms with Crippen molar-refractivity contribution in [2.75, 3.05) is 5.73 Å². The number of hydrogen-bond donors (Lipinski definition) is 1. The number of benzene rings is 1. The van der Waals surface area contributed by atoms with Crippen LogP contribution in [0.25, 0.3) is 22.4 Å². The van der Waals surface area contributed by atoms with Gasteiger partial charge in [0, 0.05) is 18.0 Å². The molecule has 3 aromatic rings. The molecule has 3 nitrogen and oxygen atoms in total. The maximum absolute atomic E-state index is 6.23. The molecule has 2 N–H and O–H groups in total. The van der Waals surface area contributed by atoms with Crippen LogP contribution in [0.3, 0.4) is 0 Å². The van der Waals surface area contributed by atoms with E-state index in [-0.39, 0.29) is 0 Å². The lowest BCUT2D eigenvalue weighted by Gasteiger charge is -2.06. The van der Waals surface area contributed by atoms with Crippen LogP contribution in [-0.2, 0) is 7.05 Å². The van der Waals surface area contributed by atoms with Crippen LogP contribution in [0, 0.1) is 13.8 Å². The van der Waals surface area contributed by atoms with Crippen LogP contribution >= 0.6 is 11.3 Å². The van der Waals surface area contributed by atoms with Crippen molar-refractivity contribution in [2.24, 2.45) is 7.05 Å². The predicted molar refractivity (Wildman–Crippen MR) is 85.8 cm³/mol. The van der Waals surface area contributed by atoms with Crippen LogP contribution in [0.1, 0.15) is 11.1 Å². The van der Waals surface area contributed by atoms with Gasteiger partial charge in [-0.25, -0.2) is 0 Å². The van der Waals surface area contributed by atoms with E-state index < -0.39 is 0 Å². The lowest BCUT2D eigenvalue weighted by atomic mass is 9.98. The maximum atomic E-state index is 6.23. The largest absolute Gasteiger partial charge is 0.383 e. The van der Waals surface area contributed by atoms with Gasteiger partial charge in [0.2, 0.25) is 0 Å². The molecule has 0 radical (unpaired) electrons. The summed E-state index contributed by atoms with van der Waals surface area (Å²) in [6.45, 7) is 4.24. The van der Waals surface area contributed by atoms with Gasteiger partial charge >= 0.3 is 0 Å². The molecule has 0 aliphatic rings. The Morgan fingerprint density at radius 3 is 2.55 bits per heavy atom. The summed E-state index contributed by atoms with van der Waals surface area (Å²) in [6.07, 6.45) is 0. The molecule has 102 valence electrons. The summed E-state index contributed by atoms with van der Waals surface area (Å²) in [6, 6.07) is 8.51. The molecule has 4 heteroatoms. The Bertz CT molecular complexity index is 754. The first-order valence-corrected chi connectivity index (χ1v) is 7.45. The third-order valence-electron chi connectivity index (χ3n) is 3.68. The van der Waals surface area contributed by atoms with Crippen LogP contribution in [-0.4, -0.2) is 9.78 Å². The second-order valence-corrected chi connectivity index (χ2v) is 5.82. The first-order chi connectivity index (χ1) is 9.58. The highest BCUT2D eigenvalue weighted by Gasteiger charge is 2.17. The van der Waals surface area contributed by atoms with Gasteiger partial charge in [-0.15, -0.1) is 0 Å². The fraction of sp³-hybridized carbons (Fsp3) is 0.188. The molecule has 2 aromatic heterocycles. The van der Waals surface area contributed by atoms with E-state index in [9.17, 15) is 0 Å². The van der Waals surface area contributed by atoms with Gasteiger partial charge in [0.1, 0.15) is 11.5 Å². The van der Waals surface area contributed by atoms with Crippen molar-refractivity contribution in [2.45, 2.75) is 13.8 Å². The first-order valence-electron chi connectivity index (χ1n) is 6.50. The number of anilines is 1. The Hall–Kier alpha value is -2.07. The molecule has 2 heterocycles. The zero-order chi connectivity index (χ0) is 14.3. The van der Waals surface area contributed by atoms with Gasteiger partial charge in [-0.2, -0.15) is 16.4 Å². The number of nitrogens with two attached hydrogens (primary N) is 1. The highest BCUT2D eigenvalue weighted by Crippen LogP contribution is 2.37. The molecule has 0 amide bonds. The number of rotatable bonds is 2. The highest BCUT2D eigenvalue weighted by molar-refractivity contribution is 7.08. The lowest BCUT2D eigenvalue weighted by Crippen LogP contribution is -1.98. The lowest BCUT2D eigenvalue weighted by molar-refractivity contribution is 0.782. The van der Waals surface area contributed by atoms with Gasteiger partial charge in [0.05, 0.1) is 5.56 Å². The normalized spacial score (nSPS) is 10.9. The quantitative estimate of drug-likeness (QED) is 0.772. The number of hydrogen-bond acceptors (Lipinski definition) is 3. The van der Waals surface area contributed by atoms with E-state index in [1.807, 2.05) is 7.05 Å². The standard InChI is InChI=1S/C16H17N3S/c1-10-4-5-12(8-11(10)2)14-15(13-6-7-20-9-13)18-19(3)16(14)17/h4-9H,17H2,1-3H3.